The Kier molecular flexibility index (Phi) is 8.79. The largest absolute Gasteiger partial charge is 0.352 e. The van der Waals surface area contributed by atoms with E-state index in [1.54, 1.807) is 31.2 Å². The smallest absolute Gasteiger partial charge is 0.243 e. The minimum absolute atomic E-state index is 0.0439. The first-order valence-corrected chi connectivity index (χ1v) is 14.4. The highest BCUT2D eigenvalue weighted by Gasteiger charge is 2.31. The van der Waals surface area contributed by atoms with E-state index in [-0.39, 0.29) is 23.4 Å². The summed E-state index contributed by atoms with van der Waals surface area (Å²) in [6.07, 6.45) is 5.05. The summed E-state index contributed by atoms with van der Waals surface area (Å²) in [6, 6.07) is 17.2. The molecule has 0 saturated heterocycles. The number of sulfonamides is 1. The topological polar surface area (TPSA) is 86.8 Å². The van der Waals surface area contributed by atoms with Crippen LogP contribution in [0.5, 0.6) is 0 Å². The third-order valence-electron chi connectivity index (χ3n) is 7.17. The van der Waals surface area contributed by atoms with Gasteiger partial charge in [-0.3, -0.25) is 9.59 Å². The maximum atomic E-state index is 13.5. The van der Waals surface area contributed by atoms with Crippen molar-refractivity contribution in [3.63, 3.8) is 0 Å². The molecule has 0 aliphatic heterocycles. The summed E-state index contributed by atoms with van der Waals surface area (Å²) in [5, 5.41) is 4.74. The van der Waals surface area contributed by atoms with Crippen molar-refractivity contribution in [2.75, 3.05) is 13.6 Å². The van der Waals surface area contributed by atoms with Gasteiger partial charge in [0, 0.05) is 19.6 Å². The van der Waals surface area contributed by atoms with Gasteiger partial charge in [0.15, 0.2) is 0 Å². The van der Waals surface area contributed by atoms with Gasteiger partial charge in [-0.25, -0.2) is 12.8 Å². The average molecular weight is 540 g/mol. The third-order valence-corrected chi connectivity index (χ3v) is 8.97. The SMILES string of the molecule is CC(C(=O)NC1CCCCC1)N(Cc1ccc(F)cc1)C(=O)CN(C)S(=O)(=O)c1ccc2ccccc2c1. The van der Waals surface area contributed by atoms with Gasteiger partial charge in [0.05, 0.1) is 11.4 Å². The lowest BCUT2D eigenvalue weighted by Gasteiger charge is -2.32. The van der Waals surface area contributed by atoms with Crippen molar-refractivity contribution in [3.8, 4) is 0 Å². The average Bonchev–Trinajstić information content (AvgIpc) is 2.92. The van der Waals surface area contributed by atoms with E-state index >= 15 is 0 Å². The Labute approximate surface area is 223 Å². The zero-order chi connectivity index (χ0) is 27.3. The van der Waals surface area contributed by atoms with Crippen LogP contribution in [0, 0.1) is 5.82 Å². The number of benzene rings is 3. The number of nitrogens with one attached hydrogen (secondary N) is 1. The number of hydrogen-bond acceptors (Lipinski definition) is 4. The molecule has 3 aromatic carbocycles. The minimum atomic E-state index is -3.97. The molecule has 1 fully saturated rings. The second-order valence-electron chi connectivity index (χ2n) is 9.94. The molecule has 1 unspecified atom stereocenters. The van der Waals surface area contributed by atoms with Gasteiger partial charge in [0.2, 0.25) is 21.8 Å². The minimum Gasteiger partial charge on any atom is -0.352 e. The quantitative estimate of drug-likeness (QED) is 0.435. The lowest BCUT2D eigenvalue weighted by molar-refractivity contribution is -0.141. The van der Waals surface area contributed by atoms with E-state index in [1.807, 2.05) is 24.3 Å². The number of rotatable bonds is 9. The van der Waals surface area contributed by atoms with Crippen LogP contribution in [0.25, 0.3) is 10.8 Å². The molecule has 0 spiro atoms. The molecule has 202 valence electrons. The van der Waals surface area contributed by atoms with Gasteiger partial charge >= 0.3 is 0 Å². The van der Waals surface area contributed by atoms with Gasteiger partial charge in [-0.05, 0) is 60.4 Å². The molecule has 0 bridgehead atoms. The van der Waals surface area contributed by atoms with Gasteiger partial charge in [0.25, 0.3) is 0 Å². The second-order valence-corrected chi connectivity index (χ2v) is 12.0. The molecule has 7 nitrogen and oxygen atoms in total. The van der Waals surface area contributed by atoms with Crippen molar-refractivity contribution >= 4 is 32.6 Å². The van der Waals surface area contributed by atoms with Crippen LogP contribution < -0.4 is 5.32 Å². The summed E-state index contributed by atoms with van der Waals surface area (Å²) in [7, 11) is -2.62. The molecule has 3 aromatic rings. The van der Waals surface area contributed by atoms with Crippen LogP contribution in [0.1, 0.15) is 44.6 Å². The molecular weight excluding hydrogens is 505 g/mol. The molecule has 0 heterocycles. The van der Waals surface area contributed by atoms with Gasteiger partial charge in [-0.15, -0.1) is 0 Å². The number of carbonyl (C=O) groups excluding carboxylic acids is 2. The predicted octanol–water partition coefficient (Wildman–Crippen LogP) is 4.47. The maximum absolute atomic E-state index is 13.5. The Morgan fingerprint density at radius 2 is 1.63 bits per heavy atom. The number of carbonyl (C=O) groups is 2. The fourth-order valence-corrected chi connectivity index (χ4v) is 5.97. The van der Waals surface area contributed by atoms with Crippen LogP contribution in [-0.4, -0.2) is 55.1 Å². The van der Waals surface area contributed by atoms with E-state index in [1.165, 1.54) is 30.1 Å². The number of halogens is 1. The molecule has 38 heavy (non-hydrogen) atoms. The van der Waals surface area contributed by atoms with Crippen LogP contribution in [-0.2, 0) is 26.2 Å². The van der Waals surface area contributed by atoms with E-state index in [9.17, 15) is 22.4 Å². The highest BCUT2D eigenvalue weighted by atomic mass is 32.2. The summed E-state index contributed by atoms with van der Waals surface area (Å²) in [5.41, 5.74) is 0.636. The fraction of sp³-hybridized carbons (Fsp3) is 0.379. The molecule has 1 N–H and O–H groups in total. The van der Waals surface area contributed by atoms with Crippen LogP contribution in [0.15, 0.2) is 71.6 Å². The van der Waals surface area contributed by atoms with Gasteiger partial charge in [-0.2, -0.15) is 4.31 Å². The molecule has 1 atom stereocenters. The van der Waals surface area contributed by atoms with Crippen LogP contribution in [0.3, 0.4) is 0 Å². The number of hydrogen-bond donors (Lipinski definition) is 1. The number of fused-ring (bicyclic) bond motifs is 1. The summed E-state index contributed by atoms with van der Waals surface area (Å²) >= 11 is 0. The normalized spacial score (nSPS) is 15.4. The first-order valence-electron chi connectivity index (χ1n) is 12.9. The van der Waals surface area contributed by atoms with E-state index in [2.05, 4.69) is 5.32 Å². The molecule has 1 aliphatic carbocycles. The van der Waals surface area contributed by atoms with Gasteiger partial charge < -0.3 is 10.2 Å². The van der Waals surface area contributed by atoms with E-state index < -0.39 is 34.3 Å². The lowest BCUT2D eigenvalue weighted by atomic mass is 9.95. The fourth-order valence-electron chi connectivity index (χ4n) is 4.81. The van der Waals surface area contributed by atoms with Crippen LogP contribution >= 0.6 is 0 Å². The Morgan fingerprint density at radius 1 is 0.974 bits per heavy atom. The molecular formula is C29H34FN3O4S. The monoisotopic (exact) mass is 539 g/mol. The van der Waals surface area contributed by atoms with E-state index in [0.29, 0.717) is 5.56 Å². The van der Waals surface area contributed by atoms with Crippen LogP contribution in [0.2, 0.25) is 0 Å². The van der Waals surface area contributed by atoms with E-state index in [4.69, 9.17) is 0 Å². The zero-order valence-electron chi connectivity index (χ0n) is 21.8. The van der Waals surface area contributed by atoms with E-state index in [0.717, 1.165) is 47.2 Å². The number of likely N-dealkylation sites (N-methyl/N-ethyl adjacent to an activating group) is 1. The molecule has 0 aromatic heterocycles. The second kappa shape index (κ2) is 12.0. The van der Waals surface area contributed by atoms with Crippen molar-refractivity contribution in [3.05, 3.63) is 78.1 Å². The van der Waals surface area contributed by atoms with Crippen molar-refractivity contribution in [1.29, 1.82) is 0 Å². The maximum Gasteiger partial charge on any atom is 0.243 e. The molecule has 0 radical (unpaired) electrons. The molecule has 9 heteroatoms. The third kappa shape index (κ3) is 6.57. The first kappa shape index (κ1) is 27.7. The Balaban J connectivity index is 1.53. The number of nitrogens with zero attached hydrogens (tertiary/aromatic N) is 2. The van der Waals surface area contributed by atoms with Crippen molar-refractivity contribution in [2.45, 2.75) is 62.6 Å². The Morgan fingerprint density at radius 3 is 2.32 bits per heavy atom. The molecule has 2 amide bonds. The number of amides is 2. The van der Waals surface area contributed by atoms with Crippen molar-refractivity contribution in [1.82, 2.24) is 14.5 Å². The molecule has 1 aliphatic rings. The summed E-state index contributed by atoms with van der Waals surface area (Å²) < 4.78 is 41.1. The Hall–Kier alpha value is -3.30. The predicted molar refractivity (Wildman–Crippen MR) is 145 cm³/mol. The molecule has 4 rings (SSSR count). The first-order chi connectivity index (χ1) is 18.1. The highest BCUT2D eigenvalue weighted by molar-refractivity contribution is 7.89. The highest BCUT2D eigenvalue weighted by Crippen LogP contribution is 2.22. The van der Waals surface area contributed by atoms with Crippen molar-refractivity contribution in [2.24, 2.45) is 0 Å². The lowest BCUT2D eigenvalue weighted by Crippen LogP contribution is -2.52. The van der Waals surface area contributed by atoms with Gasteiger partial charge in [-0.1, -0.05) is 61.7 Å². The molecule has 1 saturated carbocycles. The zero-order valence-corrected chi connectivity index (χ0v) is 22.6. The van der Waals surface area contributed by atoms with Crippen molar-refractivity contribution < 1.29 is 22.4 Å². The van der Waals surface area contributed by atoms with Gasteiger partial charge in [0.1, 0.15) is 11.9 Å². The Bertz CT molecular complexity index is 1390. The standard InChI is InChI=1S/C29H34FN3O4S/c1-21(29(35)31-26-10-4-3-5-11-26)33(19-22-12-15-25(30)16-13-22)28(34)20-32(2)38(36,37)27-17-14-23-8-6-7-9-24(23)18-27/h6-9,12-18,21,26H,3-5,10-11,19-20H2,1-2H3,(H,31,35). The summed E-state index contributed by atoms with van der Waals surface area (Å²) in [4.78, 5) is 28.1. The summed E-state index contributed by atoms with van der Waals surface area (Å²) in [5.74, 6) is -1.21. The summed E-state index contributed by atoms with van der Waals surface area (Å²) in [6.45, 7) is 1.23. The van der Waals surface area contributed by atoms with Crippen LogP contribution in [0.4, 0.5) is 4.39 Å².